The zero-order valence-electron chi connectivity index (χ0n) is 7.30. The van der Waals surface area contributed by atoms with Crippen LogP contribution in [0.25, 0.3) is 0 Å². The molecule has 0 bridgehead atoms. The van der Waals surface area contributed by atoms with Gasteiger partial charge in [0.25, 0.3) is 0 Å². The molecule has 1 N–H and O–H groups in total. The van der Waals surface area contributed by atoms with Crippen LogP contribution in [0.5, 0.6) is 0 Å². The number of nitrogens with zero attached hydrogens (tertiary/aromatic N) is 1. The highest BCUT2D eigenvalue weighted by molar-refractivity contribution is 5.69. The number of rotatable bonds is 5. The first-order valence-electron chi connectivity index (χ1n) is 3.75. The van der Waals surface area contributed by atoms with Gasteiger partial charge in [0.1, 0.15) is 0 Å². The largest absolute Gasteiger partial charge is 0.309 e. The first-order valence-corrected chi connectivity index (χ1v) is 3.75. The summed E-state index contributed by atoms with van der Waals surface area (Å²) in [4.78, 5) is 2.16. The fourth-order valence-corrected chi connectivity index (χ4v) is 0.716. The summed E-state index contributed by atoms with van der Waals surface area (Å²) in [5.74, 6) is 0. The molecule has 0 atom stereocenters. The van der Waals surface area contributed by atoms with E-state index in [2.05, 4.69) is 18.4 Å². The SMILES string of the molecule is C=C/C(=C\C=N)CN(C)CC. The Hall–Kier alpha value is -0.890. The maximum absolute atomic E-state index is 6.87. The first kappa shape index (κ1) is 10.1. The second-order valence-electron chi connectivity index (χ2n) is 2.44. The molecular formula is C9H16N2. The maximum Gasteiger partial charge on any atom is 0.0230 e. The van der Waals surface area contributed by atoms with Gasteiger partial charge in [-0.05, 0) is 25.2 Å². The minimum atomic E-state index is 0.870. The van der Waals surface area contributed by atoms with Gasteiger partial charge in [0.15, 0.2) is 0 Å². The van der Waals surface area contributed by atoms with E-state index in [9.17, 15) is 0 Å². The summed E-state index contributed by atoms with van der Waals surface area (Å²) in [5, 5.41) is 6.87. The van der Waals surface area contributed by atoms with Crippen LogP contribution < -0.4 is 0 Å². The molecule has 0 aliphatic rings. The fraction of sp³-hybridized carbons (Fsp3) is 0.444. The van der Waals surface area contributed by atoms with Crippen LogP contribution in [0.1, 0.15) is 6.92 Å². The third-order valence-electron chi connectivity index (χ3n) is 1.55. The molecule has 0 unspecified atom stereocenters. The van der Waals surface area contributed by atoms with Crippen molar-refractivity contribution < 1.29 is 0 Å². The molecule has 11 heavy (non-hydrogen) atoms. The monoisotopic (exact) mass is 152 g/mol. The maximum atomic E-state index is 6.87. The van der Waals surface area contributed by atoms with Gasteiger partial charge in [-0.25, -0.2) is 0 Å². The molecule has 0 amide bonds. The van der Waals surface area contributed by atoms with Crippen LogP contribution >= 0.6 is 0 Å². The van der Waals surface area contributed by atoms with Gasteiger partial charge in [0, 0.05) is 12.8 Å². The fourth-order valence-electron chi connectivity index (χ4n) is 0.716. The number of hydrogen-bond donors (Lipinski definition) is 1. The molecule has 2 heteroatoms. The second kappa shape index (κ2) is 5.86. The van der Waals surface area contributed by atoms with E-state index in [0.717, 1.165) is 18.7 Å². The van der Waals surface area contributed by atoms with Gasteiger partial charge in [-0.15, -0.1) is 0 Å². The van der Waals surface area contributed by atoms with Gasteiger partial charge in [-0.2, -0.15) is 0 Å². The highest BCUT2D eigenvalue weighted by Crippen LogP contribution is 1.96. The summed E-state index contributed by atoms with van der Waals surface area (Å²) >= 11 is 0. The van der Waals surface area contributed by atoms with Gasteiger partial charge in [-0.3, -0.25) is 0 Å². The molecule has 0 rings (SSSR count). The lowest BCUT2D eigenvalue weighted by Crippen LogP contribution is -2.19. The number of likely N-dealkylation sites (N-methyl/N-ethyl adjacent to an activating group) is 1. The lowest BCUT2D eigenvalue weighted by Gasteiger charge is -2.13. The predicted octanol–water partition coefficient (Wildman–Crippen LogP) is 1.70. The Morgan fingerprint density at radius 2 is 2.27 bits per heavy atom. The third-order valence-corrected chi connectivity index (χ3v) is 1.55. The van der Waals surface area contributed by atoms with E-state index in [4.69, 9.17) is 5.41 Å². The quantitative estimate of drug-likeness (QED) is 0.471. The summed E-state index contributed by atoms with van der Waals surface area (Å²) in [6.07, 6.45) is 4.84. The van der Waals surface area contributed by atoms with Crippen molar-refractivity contribution in [1.82, 2.24) is 4.90 Å². The normalized spacial score (nSPS) is 11.7. The highest BCUT2D eigenvalue weighted by atomic mass is 15.1. The standard InChI is InChI=1S/C9H16N2/c1-4-9(6-7-10)8-11(3)5-2/h4,6-7,10H,1,5,8H2,2-3H3/b9-6+,10-7?. The van der Waals surface area contributed by atoms with Crippen LogP contribution in [0.2, 0.25) is 0 Å². The Morgan fingerprint density at radius 3 is 2.64 bits per heavy atom. The molecular weight excluding hydrogens is 136 g/mol. The van der Waals surface area contributed by atoms with E-state index < -0.39 is 0 Å². The van der Waals surface area contributed by atoms with Crippen molar-refractivity contribution in [2.24, 2.45) is 0 Å². The molecule has 0 saturated carbocycles. The number of nitrogens with one attached hydrogen (secondary N) is 1. The van der Waals surface area contributed by atoms with Crippen molar-refractivity contribution in [2.45, 2.75) is 6.92 Å². The summed E-state index contributed by atoms with van der Waals surface area (Å²) in [6.45, 7) is 7.66. The van der Waals surface area contributed by atoms with Gasteiger partial charge < -0.3 is 10.3 Å². The molecule has 0 fully saturated rings. The van der Waals surface area contributed by atoms with Crippen LogP contribution in [-0.4, -0.2) is 31.3 Å². The van der Waals surface area contributed by atoms with Crippen molar-refractivity contribution >= 4 is 6.21 Å². The first-order chi connectivity index (χ1) is 5.24. The zero-order valence-corrected chi connectivity index (χ0v) is 7.30. The van der Waals surface area contributed by atoms with Crippen LogP contribution in [0.3, 0.4) is 0 Å². The summed E-state index contributed by atoms with van der Waals surface area (Å²) in [6, 6.07) is 0. The minimum Gasteiger partial charge on any atom is -0.309 e. The summed E-state index contributed by atoms with van der Waals surface area (Å²) in [7, 11) is 2.04. The van der Waals surface area contributed by atoms with Crippen molar-refractivity contribution in [3.63, 3.8) is 0 Å². The lowest BCUT2D eigenvalue weighted by molar-refractivity contribution is 0.386. The number of allylic oxidation sites excluding steroid dienone is 1. The molecule has 0 aliphatic heterocycles. The Kier molecular flexibility index (Phi) is 5.39. The van der Waals surface area contributed by atoms with E-state index in [1.165, 1.54) is 6.21 Å². The molecule has 0 saturated heterocycles. The van der Waals surface area contributed by atoms with E-state index in [1.807, 2.05) is 7.05 Å². The van der Waals surface area contributed by atoms with Crippen molar-refractivity contribution in [3.05, 3.63) is 24.3 Å². The molecule has 0 aromatic heterocycles. The van der Waals surface area contributed by atoms with E-state index in [1.54, 1.807) is 12.2 Å². The smallest absolute Gasteiger partial charge is 0.0230 e. The van der Waals surface area contributed by atoms with Gasteiger partial charge in [-0.1, -0.05) is 19.6 Å². The summed E-state index contributed by atoms with van der Waals surface area (Å²) in [5.41, 5.74) is 1.09. The number of hydrogen-bond acceptors (Lipinski definition) is 2. The van der Waals surface area contributed by atoms with Gasteiger partial charge >= 0.3 is 0 Å². The Labute approximate surface area is 68.7 Å². The van der Waals surface area contributed by atoms with Crippen molar-refractivity contribution in [2.75, 3.05) is 20.1 Å². The molecule has 0 spiro atoms. The van der Waals surface area contributed by atoms with E-state index in [0.29, 0.717) is 0 Å². The molecule has 0 heterocycles. The van der Waals surface area contributed by atoms with E-state index in [-0.39, 0.29) is 0 Å². The third kappa shape index (κ3) is 4.51. The Balaban J connectivity index is 3.97. The highest BCUT2D eigenvalue weighted by Gasteiger charge is 1.95. The lowest BCUT2D eigenvalue weighted by atomic mass is 10.2. The van der Waals surface area contributed by atoms with Crippen molar-refractivity contribution in [1.29, 1.82) is 5.41 Å². The van der Waals surface area contributed by atoms with Crippen molar-refractivity contribution in [3.8, 4) is 0 Å². The molecule has 0 radical (unpaired) electrons. The average Bonchev–Trinajstić information content (AvgIpc) is 2.03. The molecule has 2 nitrogen and oxygen atoms in total. The molecule has 0 aromatic rings. The molecule has 62 valence electrons. The van der Waals surface area contributed by atoms with Crippen LogP contribution in [-0.2, 0) is 0 Å². The topological polar surface area (TPSA) is 27.1 Å². The predicted molar refractivity (Wildman–Crippen MR) is 50.2 cm³/mol. The van der Waals surface area contributed by atoms with E-state index >= 15 is 0 Å². The van der Waals surface area contributed by atoms with Crippen LogP contribution in [0.4, 0.5) is 0 Å². The average molecular weight is 152 g/mol. The zero-order chi connectivity index (χ0) is 8.69. The summed E-state index contributed by atoms with van der Waals surface area (Å²) < 4.78 is 0. The Morgan fingerprint density at radius 1 is 1.64 bits per heavy atom. The molecule has 0 aliphatic carbocycles. The Bertz CT molecular complexity index is 159. The van der Waals surface area contributed by atoms with Crippen LogP contribution in [0, 0.1) is 5.41 Å². The second-order valence-corrected chi connectivity index (χ2v) is 2.44. The van der Waals surface area contributed by atoms with Crippen LogP contribution in [0.15, 0.2) is 24.3 Å². The minimum absolute atomic E-state index is 0.870. The van der Waals surface area contributed by atoms with Gasteiger partial charge in [0.2, 0.25) is 0 Å². The van der Waals surface area contributed by atoms with Gasteiger partial charge in [0.05, 0.1) is 0 Å². The molecule has 0 aromatic carbocycles.